The van der Waals surface area contributed by atoms with E-state index in [1.54, 1.807) is 11.8 Å². The molecule has 0 saturated carbocycles. The molecule has 0 fully saturated rings. The predicted octanol–water partition coefficient (Wildman–Crippen LogP) is 7.87. The normalized spacial score (nSPS) is 15.7. The van der Waals surface area contributed by atoms with Gasteiger partial charge in [0.1, 0.15) is 11.4 Å². The molecule has 0 aliphatic carbocycles. The number of rotatable bonds is 2. The maximum Gasteiger partial charge on any atom is 0.352 e. The van der Waals surface area contributed by atoms with Crippen LogP contribution in [0.3, 0.4) is 0 Å². The van der Waals surface area contributed by atoms with E-state index in [9.17, 15) is 9.90 Å². The smallest absolute Gasteiger partial charge is 0.352 e. The number of nitrogens with zero attached hydrogens (tertiary/aromatic N) is 6. The number of ether oxygens (including phenoxy) is 1. The molecule has 11 heteroatoms. The van der Waals surface area contributed by atoms with Crippen molar-refractivity contribution in [3.05, 3.63) is 93.7 Å². The van der Waals surface area contributed by atoms with Crippen LogP contribution in [0.1, 0.15) is 58.6 Å². The van der Waals surface area contributed by atoms with E-state index in [1.165, 1.54) is 0 Å². The van der Waals surface area contributed by atoms with Crippen molar-refractivity contribution >= 4 is 51.0 Å². The van der Waals surface area contributed by atoms with Gasteiger partial charge >= 0.3 is 5.97 Å². The van der Waals surface area contributed by atoms with Crippen molar-refractivity contribution in [3.63, 3.8) is 0 Å². The summed E-state index contributed by atoms with van der Waals surface area (Å²) < 4.78 is 12.4. The fourth-order valence-electron chi connectivity index (χ4n) is 7.69. The lowest BCUT2D eigenvalue weighted by molar-refractivity contribution is 0.0685. The van der Waals surface area contributed by atoms with E-state index in [0.717, 1.165) is 103 Å². The summed E-state index contributed by atoms with van der Waals surface area (Å²) in [5.41, 5.74) is 8.13. The van der Waals surface area contributed by atoms with Gasteiger partial charge in [0.05, 0.1) is 28.5 Å². The standard InChI is InChI=1S/C38H39ClN6O3S/c1-4-44-20-24-18-25(43(3)40-24)22-49-26-17-23-9-5-6-10-27(23)33(19-26)48-16-8-11-28-29-13-14-30(39)34(36(29)42(2)37(28)38(46)47)35-31(21-44)41-45-15-7-12-32(35)45/h5-6,9-10,13-14,17-19H,4,7-8,11-12,15-16,20-22H2,1-3H3,(H,46,47). The molecule has 0 radical (unpaired) electrons. The van der Waals surface area contributed by atoms with Crippen molar-refractivity contribution in [3.8, 4) is 16.9 Å². The number of aromatic nitrogens is 5. The summed E-state index contributed by atoms with van der Waals surface area (Å²) >= 11 is 8.89. The number of carbonyl (C=O) groups is 1. The Kier molecular flexibility index (Phi) is 8.42. The number of carboxylic acid groups (broad SMARTS) is 1. The maximum atomic E-state index is 12.9. The van der Waals surface area contributed by atoms with Gasteiger partial charge < -0.3 is 14.4 Å². The fraction of sp³-hybridized carbons (Fsp3) is 0.342. The monoisotopic (exact) mass is 694 g/mol. The zero-order chi connectivity index (χ0) is 33.8. The van der Waals surface area contributed by atoms with E-state index >= 15 is 0 Å². The van der Waals surface area contributed by atoms with E-state index in [2.05, 4.69) is 52.9 Å². The highest BCUT2D eigenvalue weighted by Crippen LogP contribution is 2.44. The highest BCUT2D eigenvalue weighted by atomic mass is 35.5. The van der Waals surface area contributed by atoms with Crippen LogP contribution in [0.25, 0.3) is 32.8 Å². The lowest BCUT2D eigenvalue weighted by atomic mass is 9.96. The first-order chi connectivity index (χ1) is 23.8. The van der Waals surface area contributed by atoms with Crippen molar-refractivity contribution in [2.45, 2.75) is 62.9 Å². The number of hydrogen-bond donors (Lipinski definition) is 1. The summed E-state index contributed by atoms with van der Waals surface area (Å²) in [5, 5.41) is 24.3. The summed E-state index contributed by atoms with van der Waals surface area (Å²) in [7, 11) is 3.86. The van der Waals surface area contributed by atoms with Gasteiger partial charge in [0.25, 0.3) is 0 Å². The van der Waals surface area contributed by atoms with E-state index in [4.69, 9.17) is 26.5 Å². The molecule has 0 amide bonds. The SMILES string of the molecule is CCN1Cc2cc(n(C)n2)CSc2cc(c3ccccc3c2)OCCCc2c(C(=O)O)n(C)c3c(c(Cl)ccc23)-c2c(nn3c2CCC3)C1. The van der Waals surface area contributed by atoms with Crippen molar-refractivity contribution in [1.82, 2.24) is 29.0 Å². The Labute approximate surface area is 294 Å². The van der Waals surface area contributed by atoms with Gasteiger partial charge in [-0.1, -0.05) is 48.9 Å². The first kappa shape index (κ1) is 32.0. The number of thioether (sulfide) groups is 1. The zero-order valence-corrected chi connectivity index (χ0v) is 29.6. The third-order valence-electron chi connectivity index (χ3n) is 10.0. The molecular formula is C38H39ClN6O3S. The van der Waals surface area contributed by atoms with Crippen LogP contribution in [0.2, 0.25) is 5.02 Å². The molecule has 0 spiro atoms. The molecule has 8 bridgehead atoms. The Hall–Kier alpha value is -4.25. The predicted molar refractivity (Wildman–Crippen MR) is 195 cm³/mol. The lowest BCUT2D eigenvalue weighted by Crippen LogP contribution is -2.23. The molecule has 9 nitrogen and oxygen atoms in total. The number of aromatic carboxylic acids is 1. The van der Waals surface area contributed by atoms with Crippen molar-refractivity contribution < 1.29 is 14.6 Å². The third-order valence-corrected chi connectivity index (χ3v) is 11.3. The minimum absolute atomic E-state index is 0.288. The quantitative estimate of drug-likeness (QED) is 0.197. The van der Waals surface area contributed by atoms with E-state index in [1.807, 2.05) is 41.5 Å². The molecule has 3 aromatic heterocycles. The average molecular weight is 695 g/mol. The van der Waals surface area contributed by atoms with Gasteiger partial charge in [-0.25, -0.2) is 4.79 Å². The molecule has 0 saturated heterocycles. The van der Waals surface area contributed by atoms with Gasteiger partial charge in [0.15, 0.2) is 0 Å². The van der Waals surface area contributed by atoms with Crippen LogP contribution in [0.4, 0.5) is 0 Å². The zero-order valence-electron chi connectivity index (χ0n) is 28.0. The fourth-order valence-corrected chi connectivity index (χ4v) is 8.93. The second kappa shape index (κ2) is 12.9. The third kappa shape index (κ3) is 5.69. The molecule has 5 heterocycles. The van der Waals surface area contributed by atoms with Crippen LogP contribution in [-0.4, -0.2) is 53.3 Å². The van der Waals surface area contributed by atoms with Gasteiger partial charge in [-0.05, 0) is 67.4 Å². The average Bonchev–Trinajstić information content (AvgIpc) is 3.83. The molecule has 2 aliphatic rings. The van der Waals surface area contributed by atoms with Crippen LogP contribution in [-0.2, 0) is 52.3 Å². The maximum absolute atomic E-state index is 12.9. The summed E-state index contributed by atoms with van der Waals surface area (Å²) in [4.78, 5) is 16.4. The van der Waals surface area contributed by atoms with Crippen LogP contribution >= 0.6 is 23.4 Å². The second-order valence-corrected chi connectivity index (χ2v) is 14.5. The second-order valence-electron chi connectivity index (χ2n) is 13.0. The molecule has 8 rings (SSSR count). The largest absolute Gasteiger partial charge is 0.493 e. The molecule has 49 heavy (non-hydrogen) atoms. The molecule has 2 aliphatic heterocycles. The van der Waals surface area contributed by atoms with Crippen molar-refractivity contribution in [2.24, 2.45) is 14.1 Å². The van der Waals surface area contributed by atoms with Crippen molar-refractivity contribution in [1.29, 1.82) is 0 Å². The minimum Gasteiger partial charge on any atom is -0.493 e. The van der Waals surface area contributed by atoms with Gasteiger partial charge in [-0.3, -0.25) is 14.3 Å². The Morgan fingerprint density at radius 3 is 2.69 bits per heavy atom. The van der Waals surface area contributed by atoms with Gasteiger partial charge in [0.2, 0.25) is 0 Å². The number of fused-ring (bicyclic) bond motifs is 10. The minimum atomic E-state index is -0.950. The highest BCUT2D eigenvalue weighted by molar-refractivity contribution is 7.98. The molecule has 1 N–H and O–H groups in total. The van der Waals surface area contributed by atoms with Crippen LogP contribution in [0.15, 0.2) is 59.5 Å². The van der Waals surface area contributed by atoms with Crippen molar-refractivity contribution in [2.75, 3.05) is 13.2 Å². The highest BCUT2D eigenvalue weighted by Gasteiger charge is 2.30. The van der Waals surface area contributed by atoms with E-state index in [-0.39, 0.29) is 5.69 Å². The van der Waals surface area contributed by atoms with Gasteiger partial charge in [-0.15, -0.1) is 11.8 Å². The molecule has 3 aromatic carbocycles. The Balaban J connectivity index is 1.29. The lowest BCUT2D eigenvalue weighted by Gasteiger charge is -2.20. The van der Waals surface area contributed by atoms with Gasteiger partial charge in [0, 0.05) is 77.7 Å². The number of hydrogen-bond acceptors (Lipinski definition) is 6. The first-order valence-electron chi connectivity index (χ1n) is 16.9. The van der Waals surface area contributed by atoms with Gasteiger partial charge in [-0.2, -0.15) is 10.2 Å². The summed E-state index contributed by atoms with van der Waals surface area (Å²) in [5.74, 6) is 0.667. The number of aryl methyl sites for hydroxylation is 4. The Morgan fingerprint density at radius 1 is 1.00 bits per heavy atom. The molecule has 6 aromatic rings. The van der Waals surface area contributed by atoms with Crippen LogP contribution in [0.5, 0.6) is 5.75 Å². The molecule has 252 valence electrons. The summed E-state index contributed by atoms with van der Waals surface area (Å²) in [6.45, 7) is 5.60. The first-order valence-corrected chi connectivity index (χ1v) is 18.3. The Bertz CT molecular complexity index is 2250. The molecular weight excluding hydrogens is 656 g/mol. The molecule has 0 unspecified atom stereocenters. The number of halogens is 1. The Morgan fingerprint density at radius 2 is 1.86 bits per heavy atom. The van der Waals surface area contributed by atoms with E-state index in [0.29, 0.717) is 37.6 Å². The number of benzene rings is 3. The summed E-state index contributed by atoms with van der Waals surface area (Å²) in [6.07, 6.45) is 3.13. The molecule has 0 atom stereocenters. The summed E-state index contributed by atoms with van der Waals surface area (Å²) in [6, 6.07) is 18.7. The number of carboxylic acids is 1. The topological polar surface area (TPSA) is 90.3 Å². The van der Waals surface area contributed by atoms with Crippen LogP contribution < -0.4 is 4.74 Å². The van der Waals surface area contributed by atoms with Crippen LogP contribution in [0, 0.1) is 0 Å². The van der Waals surface area contributed by atoms with E-state index < -0.39 is 5.97 Å².